The molecule has 0 heterocycles. The Balaban J connectivity index is 0.00000450. The van der Waals surface area contributed by atoms with Crippen molar-refractivity contribution < 1.29 is 19.8 Å². The molecule has 162 valence electrons. The molecule has 0 fully saturated rings. The Morgan fingerprint density at radius 2 is 1.80 bits per heavy atom. The molecule has 9 nitrogen and oxygen atoms in total. The average Bonchev–Trinajstić information content (AvgIpc) is 2.72. The van der Waals surface area contributed by atoms with Crippen LogP contribution in [0.15, 0.2) is 48.5 Å². The Kier molecular flexibility index (Phi) is 10.1. The first-order valence-electron chi connectivity index (χ1n) is 9.03. The molecule has 0 saturated heterocycles. The molecule has 10 heteroatoms. The predicted molar refractivity (Wildman–Crippen MR) is 117 cm³/mol. The largest absolute Gasteiger partial charge is 0.508 e. The number of nitrogens with two attached hydrogens (primary N) is 1. The molecule has 8 N–H and O–H groups in total. The van der Waals surface area contributed by atoms with Crippen molar-refractivity contribution in [3.63, 3.8) is 0 Å². The van der Waals surface area contributed by atoms with E-state index >= 15 is 0 Å². The average molecular weight is 436 g/mol. The van der Waals surface area contributed by atoms with Gasteiger partial charge in [-0.25, -0.2) is 0 Å². The van der Waals surface area contributed by atoms with Gasteiger partial charge < -0.3 is 31.9 Å². The Morgan fingerprint density at radius 1 is 1.10 bits per heavy atom. The SMILES string of the molecule is Cl.N=C(N)c1cccc(NC(CO)C(=O)NCC(=O)NCCc2ccc(O)cc2)c1. The Bertz CT molecular complexity index is 861. The van der Waals surface area contributed by atoms with Gasteiger partial charge in [-0.1, -0.05) is 24.3 Å². The maximum Gasteiger partial charge on any atom is 0.245 e. The number of carbonyl (C=O) groups excluding carboxylic acids is 2. The van der Waals surface area contributed by atoms with Crippen LogP contribution in [0.25, 0.3) is 0 Å². The number of amidine groups is 1. The summed E-state index contributed by atoms with van der Waals surface area (Å²) in [5.41, 5.74) is 7.41. The van der Waals surface area contributed by atoms with Crippen LogP contribution in [-0.4, -0.2) is 53.6 Å². The highest BCUT2D eigenvalue weighted by molar-refractivity contribution is 5.96. The Hall–Kier alpha value is -3.30. The van der Waals surface area contributed by atoms with Crippen molar-refractivity contribution in [2.75, 3.05) is 25.0 Å². The van der Waals surface area contributed by atoms with Gasteiger partial charge in [-0.05, 0) is 36.2 Å². The molecule has 0 radical (unpaired) electrons. The summed E-state index contributed by atoms with van der Waals surface area (Å²) in [6, 6.07) is 12.3. The zero-order valence-corrected chi connectivity index (χ0v) is 17.0. The van der Waals surface area contributed by atoms with Crippen molar-refractivity contribution in [1.29, 1.82) is 5.41 Å². The molecule has 30 heavy (non-hydrogen) atoms. The van der Waals surface area contributed by atoms with Crippen LogP contribution in [0.4, 0.5) is 5.69 Å². The van der Waals surface area contributed by atoms with Crippen molar-refractivity contribution >= 4 is 35.7 Å². The van der Waals surface area contributed by atoms with Crippen LogP contribution in [0.2, 0.25) is 0 Å². The number of aliphatic hydroxyl groups excluding tert-OH is 1. The number of halogens is 1. The van der Waals surface area contributed by atoms with Gasteiger partial charge in [-0.15, -0.1) is 12.4 Å². The van der Waals surface area contributed by atoms with Crippen LogP contribution in [-0.2, 0) is 16.0 Å². The fourth-order valence-corrected chi connectivity index (χ4v) is 2.53. The second-order valence-electron chi connectivity index (χ2n) is 6.36. The molecule has 2 aromatic rings. The van der Waals surface area contributed by atoms with Crippen molar-refractivity contribution in [2.24, 2.45) is 5.73 Å². The molecule has 2 amide bonds. The Morgan fingerprint density at radius 3 is 2.43 bits per heavy atom. The third kappa shape index (κ3) is 7.98. The topological polar surface area (TPSA) is 161 Å². The minimum atomic E-state index is -0.956. The van der Waals surface area contributed by atoms with E-state index in [0.717, 1.165) is 5.56 Å². The molecule has 0 bridgehead atoms. The van der Waals surface area contributed by atoms with Gasteiger partial charge in [0.05, 0.1) is 13.2 Å². The molecule has 0 aliphatic carbocycles. The van der Waals surface area contributed by atoms with E-state index in [1.54, 1.807) is 48.5 Å². The molecular weight excluding hydrogens is 410 g/mol. The summed E-state index contributed by atoms with van der Waals surface area (Å²) in [4.78, 5) is 24.1. The number of hydrogen-bond acceptors (Lipinski definition) is 6. The number of hydrogen-bond donors (Lipinski definition) is 7. The van der Waals surface area contributed by atoms with E-state index in [9.17, 15) is 19.8 Å². The maximum absolute atomic E-state index is 12.2. The molecular formula is C20H26ClN5O4. The maximum atomic E-state index is 12.2. The first-order chi connectivity index (χ1) is 13.9. The smallest absolute Gasteiger partial charge is 0.245 e. The van der Waals surface area contributed by atoms with Crippen LogP contribution in [0.1, 0.15) is 11.1 Å². The molecule has 1 atom stereocenters. The van der Waals surface area contributed by atoms with Crippen molar-refractivity contribution in [3.8, 4) is 5.75 Å². The van der Waals surface area contributed by atoms with E-state index in [-0.39, 0.29) is 36.4 Å². The van der Waals surface area contributed by atoms with Crippen LogP contribution in [0.5, 0.6) is 5.75 Å². The van der Waals surface area contributed by atoms with E-state index in [4.69, 9.17) is 11.1 Å². The van der Waals surface area contributed by atoms with Gasteiger partial charge in [0.25, 0.3) is 0 Å². The molecule has 2 rings (SSSR count). The predicted octanol–water partition coefficient (Wildman–Crippen LogP) is 0.346. The molecule has 1 unspecified atom stereocenters. The summed E-state index contributed by atoms with van der Waals surface area (Å²) in [6.45, 7) is -0.308. The second-order valence-corrected chi connectivity index (χ2v) is 6.36. The quantitative estimate of drug-likeness (QED) is 0.210. The van der Waals surface area contributed by atoms with Gasteiger partial charge in [0.1, 0.15) is 17.6 Å². The van der Waals surface area contributed by atoms with Gasteiger partial charge >= 0.3 is 0 Å². The number of phenolic OH excluding ortho intramolecular Hbond substituents is 1. The van der Waals surface area contributed by atoms with Gasteiger partial charge in [-0.2, -0.15) is 0 Å². The summed E-state index contributed by atoms with van der Waals surface area (Å²) in [7, 11) is 0. The van der Waals surface area contributed by atoms with E-state index in [0.29, 0.717) is 24.2 Å². The normalized spacial score (nSPS) is 11.0. The first kappa shape index (κ1) is 24.7. The number of carbonyl (C=O) groups is 2. The summed E-state index contributed by atoms with van der Waals surface area (Å²) >= 11 is 0. The fourth-order valence-electron chi connectivity index (χ4n) is 2.53. The van der Waals surface area contributed by atoms with E-state index in [1.165, 1.54) is 0 Å². The molecule has 2 aromatic carbocycles. The first-order valence-corrected chi connectivity index (χ1v) is 9.03. The van der Waals surface area contributed by atoms with Crippen LogP contribution >= 0.6 is 12.4 Å². The van der Waals surface area contributed by atoms with Crippen LogP contribution < -0.4 is 21.7 Å². The number of aliphatic hydroxyl groups is 1. The standard InChI is InChI=1S/C20H25N5O4.ClH/c21-19(22)14-2-1-3-15(10-14)25-17(12-26)20(29)24-11-18(28)23-9-8-13-4-6-16(27)7-5-13;/h1-7,10,17,25-27H,8-9,11-12H2,(H3,21,22)(H,23,28)(H,24,29);1H. The summed E-state index contributed by atoms with van der Waals surface area (Å²) in [5.74, 6) is -0.815. The number of amides is 2. The summed E-state index contributed by atoms with van der Waals surface area (Å²) in [5, 5.41) is 34.2. The highest BCUT2D eigenvalue weighted by Crippen LogP contribution is 2.12. The molecule has 0 aliphatic heterocycles. The van der Waals surface area contributed by atoms with Crippen LogP contribution in [0.3, 0.4) is 0 Å². The Labute approximate surface area is 180 Å². The third-order valence-electron chi connectivity index (χ3n) is 4.11. The van der Waals surface area contributed by atoms with Crippen molar-refractivity contribution in [1.82, 2.24) is 10.6 Å². The van der Waals surface area contributed by atoms with E-state index < -0.39 is 18.6 Å². The lowest BCUT2D eigenvalue weighted by atomic mass is 10.1. The summed E-state index contributed by atoms with van der Waals surface area (Å²) < 4.78 is 0. The third-order valence-corrected chi connectivity index (χ3v) is 4.11. The van der Waals surface area contributed by atoms with Gasteiger partial charge in [0.2, 0.25) is 11.8 Å². The van der Waals surface area contributed by atoms with Crippen molar-refractivity contribution in [2.45, 2.75) is 12.5 Å². The molecule has 0 aromatic heterocycles. The number of rotatable bonds is 10. The minimum absolute atomic E-state index is 0. The number of nitrogen functional groups attached to an aromatic ring is 1. The van der Waals surface area contributed by atoms with Gasteiger partial charge in [0.15, 0.2) is 0 Å². The fraction of sp³-hybridized carbons (Fsp3) is 0.250. The second kappa shape index (κ2) is 12.3. The highest BCUT2D eigenvalue weighted by atomic mass is 35.5. The minimum Gasteiger partial charge on any atom is -0.508 e. The number of anilines is 1. The number of phenols is 1. The lowest BCUT2D eigenvalue weighted by Gasteiger charge is -2.17. The zero-order valence-electron chi connectivity index (χ0n) is 16.2. The zero-order chi connectivity index (χ0) is 21.2. The lowest BCUT2D eigenvalue weighted by Crippen LogP contribution is -2.46. The van der Waals surface area contributed by atoms with E-state index in [1.807, 2.05) is 0 Å². The van der Waals surface area contributed by atoms with Crippen LogP contribution in [0, 0.1) is 5.41 Å². The lowest BCUT2D eigenvalue weighted by molar-refractivity contribution is -0.127. The summed E-state index contributed by atoms with van der Waals surface area (Å²) in [6.07, 6.45) is 0.591. The number of benzene rings is 2. The highest BCUT2D eigenvalue weighted by Gasteiger charge is 2.18. The number of nitrogens with one attached hydrogen (secondary N) is 4. The van der Waals surface area contributed by atoms with Gasteiger partial charge in [0, 0.05) is 17.8 Å². The number of aromatic hydroxyl groups is 1. The monoisotopic (exact) mass is 435 g/mol. The molecule has 0 spiro atoms. The van der Waals surface area contributed by atoms with E-state index in [2.05, 4.69) is 16.0 Å². The molecule has 0 saturated carbocycles. The molecule has 0 aliphatic rings. The van der Waals surface area contributed by atoms with Crippen molar-refractivity contribution in [3.05, 3.63) is 59.7 Å². The van der Waals surface area contributed by atoms with Gasteiger partial charge in [-0.3, -0.25) is 15.0 Å².